The maximum atomic E-state index is 12.5. The third-order valence-corrected chi connectivity index (χ3v) is 4.40. The number of urea groups is 1. The van der Waals surface area contributed by atoms with E-state index >= 15 is 0 Å². The number of aromatic nitrogens is 1. The molecule has 3 rings (SSSR count). The summed E-state index contributed by atoms with van der Waals surface area (Å²) in [5.41, 5.74) is 1.71. The van der Waals surface area contributed by atoms with Crippen molar-refractivity contribution in [1.29, 1.82) is 10.7 Å². The molecular formula is C18H17N5O3. The van der Waals surface area contributed by atoms with Crippen LogP contribution in [-0.4, -0.2) is 45.9 Å². The second-order valence-corrected chi connectivity index (χ2v) is 6.20. The molecule has 0 spiro atoms. The van der Waals surface area contributed by atoms with Gasteiger partial charge in [0.15, 0.2) is 5.78 Å². The van der Waals surface area contributed by atoms with Gasteiger partial charge in [-0.1, -0.05) is 18.2 Å². The van der Waals surface area contributed by atoms with Crippen LogP contribution in [0.4, 0.5) is 4.79 Å². The molecule has 0 saturated carbocycles. The number of fused-ring (bicyclic) bond motifs is 1. The molecule has 8 heteroatoms. The lowest BCUT2D eigenvalue weighted by Crippen LogP contribution is -2.39. The Kier molecular flexibility index (Phi) is 4.54. The maximum Gasteiger partial charge on any atom is 0.325 e. The standard InChI is InChI=1S/C18H17N5O3/c1-10(20)13(7-19)16(24)9-23-17(25)15(22-18(23)26)6-11-8-21-14-5-3-2-4-12(11)14/h2-5,8,13,15,20-21H,6,9H2,1H3,(H,22,26). The molecule has 0 radical (unpaired) electrons. The van der Waals surface area contributed by atoms with Crippen LogP contribution in [0.15, 0.2) is 30.5 Å². The van der Waals surface area contributed by atoms with E-state index in [1.807, 2.05) is 24.3 Å². The van der Waals surface area contributed by atoms with Crippen molar-refractivity contribution < 1.29 is 14.4 Å². The monoisotopic (exact) mass is 351 g/mol. The molecule has 1 aromatic heterocycles. The lowest BCUT2D eigenvalue weighted by atomic mass is 10.0. The number of amides is 3. The summed E-state index contributed by atoms with van der Waals surface area (Å²) in [6, 6.07) is 7.93. The number of nitrogens with zero attached hydrogens (tertiary/aromatic N) is 2. The van der Waals surface area contributed by atoms with Gasteiger partial charge in [-0.05, 0) is 18.6 Å². The first-order valence-electron chi connectivity index (χ1n) is 8.06. The van der Waals surface area contributed by atoms with Crippen LogP contribution >= 0.6 is 0 Å². The van der Waals surface area contributed by atoms with Gasteiger partial charge in [0.2, 0.25) is 0 Å². The van der Waals surface area contributed by atoms with E-state index in [2.05, 4.69) is 10.3 Å². The summed E-state index contributed by atoms with van der Waals surface area (Å²) >= 11 is 0. The van der Waals surface area contributed by atoms with Gasteiger partial charge in [0.1, 0.15) is 12.0 Å². The topological polar surface area (TPSA) is 130 Å². The lowest BCUT2D eigenvalue weighted by Gasteiger charge is -2.14. The molecule has 132 valence electrons. The normalized spacial score (nSPS) is 17.8. The van der Waals surface area contributed by atoms with E-state index < -0.39 is 36.2 Å². The summed E-state index contributed by atoms with van der Waals surface area (Å²) < 4.78 is 0. The number of H-pyrrole nitrogens is 1. The zero-order chi connectivity index (χ0) is 18.8. The van der Waals surface area contributed by atoms with E-state index in [0.717, 1.165) is 21.4 Å². The minimum Gasteiger partial charge on any atom is -0.361 e. The molecule has 0 aliphatic carbocycles. The predicted octanol–water partition coefficient (Wildman–Crippen LogP) is 1.38. The third-order valence-electron chi connectivity index (χ3n) is 4.40. The molecule has 1 fully saturated rings. The predicted molar refractivity (Wildman–Crippen MR) is 93.5 cm³/mol. The minimum absolute atomic E-state index is 0.111. The molecule has 2 heterocycles. The molecule has 2 aromatic rings. The molecule has 26 heavy (non-hydrogen) atoms. The number of nitrogens with one attached hydrogen (secondary N) is 3. The Balaban J connectivity index is 1.74. The van der Waals surface area contributed by atoms with E-state index in [9.17, 15) is 14.4 Å². The summed E-state index contributed by atoms with van der Waals surface area (Å²) in [5, 5.41) is 20.0. The highest BCUT2D eigenvalue weighted by Crippen LogP contribution is 2.21. The van der Waals surface area contributed by atoms with Crippen molar-refractivity contribution in [2.75, 3.05) is 6.54 Å². The maximum absolute atomic E-state index is 12.5. The van der Waals surface area contributed by atoms with Crippen molar-refractivity contribution >= 4 is 34.3 Å². The number of carbonyl (C=O) groups excluding carboxylic acids is 3. The summed E-state index contributed by atoms with van der Waals surface area (Å²) in [7, 11) is 0. The number of hydrogen-bond donors (Lipinski definition) is 3. The first kappa shape index (κ1) is 17.4. The van der Waals surface area contributed by atoms with Crippen molar-refractivity contribution in [3.05, 3.63) is 36.0 Å². The van der Waals surface area contributed by atoms with Gasteiger partial charge in [-0.3, -0.25) is 14.5 Å². The van der Waals surface area contributed by atoms with Crippen molar-refractivity contribution in [3.8, 4) is 6.07 Å². The molecule has 8 nitrogen and oxygen atoms in total. The molecule has 1 saturated heterocycles. The summed E-state index contributed by atoms with van der Waals surface area (Å²) in [4.78, 5) is 40.7. The molecule has 2 unspecified atom stereocenters. The summed E-state index contributed by atoms with van der Waals surface area (Å²) in [5.74, 6) is -2.40. The number of carbonyl (C=O) groups is 3. The molecule has 1 aliphatic rings. The summed E-state index contributed by atoms with van der Waals surface area (Å²) in [6.07, 6.45) is 2.09. The average Bonchev–Trinajstić information content (AvgIpc) is 3.12. The number of nitriles is 1. The number of Topliss-reactive ketones (excluding diaryl/α,β-unsaturated/α-hetero) is 1. The highest BCUT2D eigenvalue weighted by molar-refractivity contribution is 6.11. The van der Waals surface area contributed by atoms with Crippen molar-refractivity contribution in [2.24, 2.45) is 5.92 Å². The van der Waals surface area contributed by atoms with E-state index in [1.165, 1.54) is 6.92 Å². The van der Waals surface area contributed by atoms with Gasteiger partial charge in [0, 0.05) is 29.2 Å². The Labute approximate surface area is 149 Å². The Morgan fingerprint density at radius 2 is 2.12 bits per heavy atom. The fourth-order valence-corrected chi connectivity index (χ4v) is 3.04. The lowest BCUT2D eigenvalue weighted by molar-refractivity contribution is -0.131. The summed E-state index contributed by atoms with van der Waals surface area (Å²) in [6.45, 7) is 0.834. The van der Waals surface area contributed by atoms with Gasteiger partial charge in [-0.25, -0.2) is 4.79 Å². The van der Waals surface area contributed by atoms with E-state index in [0.29, 0.717) is 6.42 Å². The molecule has 2 atom stereocenters. The van der Waals surface area contributed by atoms with Gasteiger partial charge in [-0.15, -0.1) is 0 Å². The zero-order valence-corrected chi connectivity index (χ0v) is 14.1. The minimum atomic E-state index is -1.25. The zero-order valence-electron chi connectivity index (χ0n) is 14.1. The van der Waals surface area contributed by atoms with Crippen molar-refractivity contribution in [3.63, 3.8) is 0 Å². The van der Waals surface area contributed by atoms with E-state index in [4.69, 9.17) is 10.7 Å². The second kappa shape index (κ2) is 6.80. The number of para-hydroxylation sites is 1. The Hall–Kier alpha value is -3.47. The molecular weight excluding hydrogens is 334 g/mol. The van der Waals surface area contributed by atoms with E-state index in [1.54, 1.807) is 12.3 Å². The van der Waals surface area contributed by atoms with Gasteiger partial charge in [0.05, 0.1) is 12.6 Å². The number of aromatic amines is 1. The number of rotatable bonds is 6. The van der Waals surface area contributed by atoms with Gasteiger partial charge in [-0.2, -0.15) is 5.26 Å². The van der Waals surface area contributed by atoms with Gasteiger partial charge >= 0.3 is 6.03 Å². The number of ketones is 1. The Morgan fingerprint density at radius 3 is 2.81 bits per heavy atom. The average molecular weight is 351 g/mol. The highest BCUT2D eigenvalue weighted by Gasteiger charge is 2.40. The van der Waals surface area contributed by atoms with Crippen LogP contribution in [0.5, 0.6) is 0 Å². The molecule has 1 aromatic carbocycles. The fourth-order valence-electron chi connectivity index (χ4n) is 3.04. The van der Waals surface area contributed by atoms with Crippen LogP contribution in [0, 0.1) is 22.7 Å². The quantitative estimate of drug-likeness (QED) is 0.536. The highest BCUT2D eigenvalue weighted by atomic mass is 16.2. The van der Waals surface area contributed by atoms with Crippen LogP contribution in [-0.2, 0) is 16.0 Å². The van der Waals surface area contributed by atoms with Crippen LogP contribution < -0.4 is 5.32 Å². The van der Waals surface area contributed by atoms with Gasteiger partial charge < -0.3 is 15.7 Å². The number of imide groups is 1. The first-order chi connectivity index (χ1) is 12.4. The molecule has 0 bridgehead atoms. The molecule has 3 amide bonds. The SMILES string of the molecule is CC(=N)C(C#N)C(=O)CN1C(=O)NC(Cc2c[nH]c3ccccc23)C1=O. The van der Waals surface area contributed by atoms with Crippen LogP contribution in [0.3, 0.4) is 0 Å². The third kappa shape index (κ3) is 3.07. The number of hydrogen-bond acceptors (Lipinski definition) is 5. The largest absolute Gasteiger partial charge is 0.361 e. The van der Waals surface area contributed by atoms with E-state index in [-0.39, 0.29) is 5.71 Å². The van der Waals surface area contributed by atoms with Crippen molar-refractivity contribution in [2.45, 2.75) is 19.4 Å². The number of benzene rings is 1. The van der Waals surface area contributed by atoms with Crippen molar-refractivity contribution in [1.82, 2.24) is 15.2 Å². The Morgan fingerprint density at radius 1 is 1.38 bits per heavy atom. The second-order valence-electron chi connectivity index (χ2n) is 6.20. The molecule has 1 aliphatic heterocycles. The van der Waals surface area contributed by atoms with Gasteiger partial charge in [0.25, 0.3) is 5.91 Å². The smallest absolute Gasteiger partial charge is 0.325 e. The first-order valence-corrected chi connectivity index (χ1v) is 8.06. The van der Waals surface area contributed by atoms with Crippen LogP contribution in [0.1, 0.15) is 12.5 Å². The Bertz CT molecular complexity index is 955. The van der Waals surface area contributed by atoms with Crippen LogP contribution in [0.2, 0.25) is 0 Å². The van der Waals surface area contributed by atoms with Crippen LogP contribution in [0.25, 0.3) is 10.9 Å². The fraction of sp³-hybridized carbons (Fsp3) is 0.278. The molecule has 3 N–H and O–H groups in total.